The molecule has 0 amide bonds. The predicted molar refractivity (Wildman–Crippen MR) is 88.2 cm³/mol. The Hall–Kier alpha value is -3.16. The average Bonchev–Trinajstić information content (AvgIpc) is 3.06. The van der Waals surface area contributed by atoms with Crippen molar-refractivity contribution in [2.24, 2.45) is 5.14 Å². The van der Waals surface area contributed by atoms with Gasteiger partial charge in [-0.1, -0.05) is 17.3 Å². The van der Waals surface area contributed by atoms with E-state index in [1.807, 2.05) is 6.07 Å². The van der Waals surface area contributed by atoms with E-state index in [1.54, 1.807) is 0 Å². The lowest BCUT2D eigenvalue weighted by Gasteiger charge is -2.08. The van der Waals surface area contributed by atoms with Crippen LogP contribution in [-0.4, -0.2) is 13.6 Å². The summed E-state index contributed by atoms with van der Waals surface area (Å²) in [6.07, 6.45) is 0. The van der Waals surface area contributed by atoms with E-state index in [0.29, 0.717) is 17.7 Å². The van der Waals surface area contributed by atoms with Crippen LogP contribution in [0.3, 0.4) is 0 Å². The van der Waals surface area contributed by atoms with Crippen LogP contribution < -0.4 is 5.14 Å². The second-order valence-electron chi connectivity index (χ2n) is 5.46. The molecule has 138 valence electrons. The van der Waals surface area contributed by atoms with Crippen LogP contribution in [0.2, 0.25) is 0 Å². The van der Waals surface area contributed by atoms with E-state index in [0.717, 1.165) is 0 Å². The number of aromatic nitrogens is 1. The van der Waals surface area contributed by atoms with E-state index in [-0.39, 0.29) is 22.6 Å². The fraction of sp³-hybridized carbons (Fsp3) is 0.0588. The maximum atomic E-state index is 14.6. The summed E-state index contributed by atoms with van der Waals surface area (Å²) in [5, 5.41) is 17.5. The van der Waals surface area contributed by atoms with Gasteiger partial charge >= 0.3 is 0 Å². The van der Waals surface area contributed by atoms with Crippen molar-refractivity contribution >= 4 is 10.0 Å². The normalized spacial score (nSPS) is 11.4. The zero-order valence-corrected chi connectivity index (χ0v) is 14.2. The number of hydrogen-bond donors (Lipinski definition) is 1. The van der Waals surface area contributed by atoms with Crippen molar-refractivity contribution in [2.45, 2.75) is 11.6 Å². The highest BCUT2D eigenvalue weighted by molar-refractivity contribution is 7.89. The van der Waals surface area contributed by atoms with Gasteiger partial charge in [0.2, 0.25) is 10.0 Å². The quantitative estimate of drug-likeness (QED) is 0.731. The number of nitrogens with two attached hydrogens (primary N) is 1. The van der Waals surface area contributed by atoms with Gasteiger partial charge in [-0.3, -0.25) is 0 Å². The number of primary sulfonamides is 1. The van der Waals surface area contributed by atoms with Crippen molar-refractivity contribution < 1.29 is 26.1 Å². The SMILES string of the molecule is N#Cc1cccc(-c2noc(CF)c2-c2cc(F)c(S(N)(=O)=O)cc2F)c1. The van der Waals surface area contributed by atoms with Gasteiger partial charge in [0.05, 0.1) is 17.2 Å². The molecule has 2 aromatic carbocycles. The first-order chi connectivity index (χ1) is 12.8. The number of nitriles is 1. The van der Waals surface area contributed by atoms with Crippen LogP contribution in [0.15, 0.2) is 45.8 Å². The molecule has 6 nitrogen and oxygen atoms in total. The maximum absolute atomic E-state index is 14.6. The molecule has 0 spiro atoms. The molecular weight excluding hydrogens is 383 g/mol. The molecule has 0 fully saturated rings. The molecule has 10 heteroatoms. The molecule has 0 aliphatic carbocycles. The second kappa shape index (κ2) is 6.86. The smallest absolute Gasteiger partial charge is 0.241 e. The topological polar surface area (TPSA) is 110 Å². The first-order valence-corrected chi connectivity index (χ1v) is 8.88. The number of alkyl halides is 1. The van der Waals surface area contributed by atoms with Gasteiger partial charge in [-0.15, -0.1) is 0 Å². The minimum absolute atomic E-state index is 0.0265. The molecule has 0 saturated heterocycles. The summed E-state index contributed by atoms with van der Waals surface area (Å²) in [7, 11) is -4.49. The lowest BCUT2D eigenvalue weighted by Crippen LogP contribution is -2.14. The van der Waals surface area contributed by atoms with Crippen LogP contribution in [0, 0.1) is 23.0 Å². The van der Waals surface area contributed by atoms with E-state index in [1.165, 1.54) is 24.3 Å². The molecule has 0 bridgehead atoms. The molecular formula is C17H10F3N3O3S. The van der Waals surface area contributed by atoms with Crippen molar-refractivity contribution in [3.05, 3.63) is 59.4 Å². The van der Waals surface area contributed by atoms with Crippen LogP contribution in [0.25, 0.3) is 22.4 Å². The van der Waals surface area contributed by atoms with Crippen LogP contribution in [0.4, 0.5) is 13.2 Å². The number of sulfonamides is 1. The molecule has 0 saturated carbocycles. The van der Waals surface area contributed by atoms with Gasteiger partial charge in [-0.2, -0.15) is 5.26 Å². The second-order valence-corrected chi connectivity index (χ2v) is 6.99. The Kier molecular flexibility index (Phi) is 4.73. The first-order valence-electron chi connectivity index (χ1n) is 7.33. The Morgan fingerprint density at radius 1 is 1.19 bits per heavy atom. The monoisotopic (exact) mass is 393 g/mol. The van der Waals surface area contributed by atoms with Crippen LogP contribution >= 0.6 is 0 Å². The van der Waals surface area contributed by atoms with Gasteiger partial charge in [0.1, 0.15) is 22.2 Å². The van der Waals surface area contributed by atoms with Gasteiger partial charge in [-0.05, 0) is 24.3 Å². The zero-order valence-electron chi connectivity index (χ0n) is 13.4. The van der Waals surface area contributed by atoms with Crippen LogP contribution in [0.1, 0.15) is 11.3 Å². The molecule has 0 radical (unpaired) electrons. The fourth-order valence-electron chi connectivity index (χ4n) is 2.56. The van der Waals surface area contributed by atoms with Crippen LogP contribution in [-0.2, 0) is 16.7 Å². The Morgan fingerprint density at radius 2 is 1.93 bits per heavy atom. The molecule has 2 N–H and O–H groups in total. The van der Waals surface area contributed by atoms with Gasteiger partial charge in [0.25, 0.3) is 0 Å². The van der Waals surface area contributed by atoms with Gasteiger partial charge in [0.15, 0.2) is 12.4 Å². The van der Waals surface area contributed by atoms with E-state index in [4.69, 9.17) is 14.9 Å². The summed E-state index contributed by atoms with van der Waals surface area (Å²) in [5.74, 6) is -2.85. The summed E-state index contributed by atoms with van der Waals surface area (Å²) in [6, 6.07) is 8.89. The number of benzene rings is 2. The fourth-order valence-corrected chi connectivity index (χ4v) is 3.16. The van der Waals surface area contributed by atoms with E-state index in [9.17, 15) is 21.6 Å². The number of hydrogen-bond acceptors (Lipinski definition) is 5. The summed E-state index contributed by atoms with van der Waals surface area (Å²) in [5.41, 5.74) is -0.0974. The number of nitrogens with zero attached hydrogens (tertiary/aromatic N) is 2. The molecule has 0 aliphatic heterocycles. The third-order valence-corrected chi connectivity index (χ3v) is 4.67. The average molecular weight is 393 g/mol. The molecule has 3 aromatic rings. The molecule has 27 heavy (non-hydrogen) atoms. The standard InChI is InChI=1S/C17H10F3N3O3S/c18-7-14-16(11-5-13(20)15(6-12(11)19)27(22,24)25)17(23-26-14)10-3-1-2-9(4-10)8-21/h1-6H,7H2,(H2,22,24,25). The van der Waals surface area contributed by atoms with E-state index < -0.39 is 38.8 Å². The summed E-state index contributed by atoms with van der Waals surface area (Å²) >= 11 is 0. The lowest BCUT2D eigenvalue weighted by molar-refractivity contribution is 0.332. The van der Waals surface area contributed by atoms with Crippen LogP contribution in [0.5, 0.6) is 0 Å². The predicted octanol–water partition coefficient (Wildman–Crippen LogP) is 3.28. The third kappa shape index (κ3) is 3.42. The molecule has 0 unspecified atom stereocenters. The number of rotatable bonds is 4. The lowest BCUT2D eigenvalue weighted by atomic mass is 9.98. The third-order valence-electron chi connectivity index (χ3n) is 3.75. The molecule has 0 aliphatic rings. The maximum Gasteiger partial charge on any atom is 0.241 e. The van der Waals surface area contributed by atoms with Gasteiger partial charge in [-0.25, -0.2) is 26.7 Å². The van der Waals surface area contributed by atoms with E-state index >= 15 is 0 Å². The Morgan fingerprint density at radius 3 is 2.56 bits per heavy atom. The van der Waals surface area contributed by atoms with Crippen molar-refractivity contribution in [1.29, 1.82) is 5.26 Å². The Bertz CT molecular complexity index is 1180. The zero-order chi connectivity index (χ0) is 19.8. The number of halogens is 3. The molecule has 1 heterocycles. The van der Waals surface area contributed by atoms with Gasteiger partial charge in [0, 0.05) is 11.1 Å². The Balaban J connectivity index is 2.28. The largest absolute Gasteiger partial charge is 0.357 e. The highest BCUT2D eigenvalue weighted by Crippen LogP contribution is 2.38. The minimum atomic E-state index is -4.49. The highest BCUT2D eigenvalue weighted by atomic mass is 32.2. The van der Waals surface area contributed by atoms with E-state index in [2.05, 4.69) is 5.16 Å². The summed E-state index contributed by atoms with van der Waals surface area (Å²) in [4.78, 5) is -1.03. The minimum Gasteiger partial charge on any atom is -0.357 e. The molecule has 0 atom stereocenters. The Labute approximate surface area is 151 Å². The molecule has 1 aromatic heterocycles. The molecule has 3 rings (SSSR count). The first kappa shape index (κ1) is 18.6. The summed E-state index contributed by atoms with van der Waals surface area (Å²) in [6.45, 7) is -1.17. The van der Waals surface area contributed by atoms with Crippen molar-refractivity contribution in [3.8, 4) is 28.5 Å². The van der Waals surface area contributed by atoms with Gasteiger partial charge < -0.3 is 4.52 Å². The van der Waals surface area contributed by atoms with Crippen molar-refractivity contribution in [3.63, 3.8) is 0 Å². The van der Waals surface area contributed by atoms with Crippen molar-refractivity contribution in [2.75, 3.05) is 0 Å². The highest BCUT2D eigenvalue weighted by Gasteiger charge is 2.25. The van der Waals surface area contributed by atoms with Crippen molar-refractivity contribution in [1.82, 2.24) is 5.16 Å². The summed E-state index contributed by atoms with van der Waals surface area (Å²) < 4.78 is 69.6.